The first-order valence-corrected chi connectivity index (χ1v) is 8.68. The highest BCUT2D eigenvalue weighted by Crippen LogP contribution is 2.16. The first kappa shape index (κ1) is 17.1. The molecule has 22 heavy (non-hydrogen) atoms. The van der Waals surface area contributed by atoms with Gasteiger partial charge in [-0.05, 0) is 58.2 Å². The Labute approximate surface area is 134 Å². The highest BCUT2D eigenvalue weighted by molar-refractivity contribution is 5.80. The zero-order chi connectivity index (χ0) is 15.8. The summed E-state index contributed by atoms with van der Waals surface area (Å²) in [5.74, 6) is 1.03. The molecule has 1 amide bonds. The highest BCUT2D eigenvalue weighted by Gasteiger charge is 2.22. The first-order valence-electron chi connectivity index (χ1n) is 8.68. The van der Waals surface area contributed by atoms with E-state index in [1.165, 1.54) is 19.3 Å². The number of piperidine rings is 1. The minimum Gasteiger partial charge on any atom is -0.369 e. The Morgan fingerprint density at radius 2 is 1.86 bits per heavy atom. The van der Waals surface area contributed by atoms with Gasteiger partial charge in [0, 0.05) is 32.6 Å². The maximum absolute atomic E-state index is 11.1. The summed E-state index contributed by atoms with van der Waals surface area (Å²) < 4.78 is 0. The molecule has 2 rings (SSSR count). The number of aliphatic imine (C=N–C) groups is 1. The van der Waals surface area contributed by atoms with Gasteiger partial charge in [-0.2, -0.15) is 0 Å². The lowest BCUT2D eigenvalue weighted by atomic mass is 9.96. The molecule has 0 aromatic rings. The van der Waals surface area contributed by atoms with Gasteiger partial charge in [0.1, 0.15) is 0 Å². The number of rotatable bonds is 6. The summed E-state index contributed by atoms with van der Waals surface area (Å²) in [6.45, 7) is 6.40. The van der Waals surface area contributed by atoms with E-state index in [0.29, 0.717) is 0 Å². The second kappa shape index (κ2) is 8.98. The van der Waals surface area contributed by atoms with Crippen LogP contribution in [-0.2, 0) is 4.79 Å². The third-order valence-corrected chi connectivity index (χ3v) is 4.79. The van der Waals surface area contributed by atoms with Gasteiger partial charge >= 0.3 is 0 Å². The van der Waals surface area contributed by atoms with E-state index in [1.54, 1.807) is 0 Å². The van der Waals surface area contributed by atoms with Gasteiger partial charge in [0.2, 0.25) is 5.91 Å². The molecule has 2 saturated heterocycles. The van der Waals surface area contributed by atoms with Crippen molar-refractivity contribution in [2.45, 2.75) is 38.5 Å². The lowest BCUT2D eigenvalue weighted by Crippen LogP contribution is -2.40. The number of nitrogens with one attached hydrogen (secondary N) is 1. The second-order valence-electron chi connectivity index (χ2n) is 6.39. The molecule has 0 aromatic heterocycles. The number of unbranched alkanes of at least 4 members (excludes halogenated alkanes) is 1. The van der Waals surface area contributed by atoms with Gasteiger partial charge in [-0.1, -0.05) is 0 Å². The van der Waals surface area contributed by atoms with Gasteiger partial charge < -0.3 is 20.9 Å². The van der Waals surface area contributed by atoms with E-state index in [4.69, 9.17) is 5.73 Å². The number of hydrogen-bond acceptors (Lipinski definition) is 3. The monoisotopic (exact) mass is 309 g/mol. The van der Waals surface area contributed by atoms with E-state index < -0.39 is 0 Å². The van der Waals surface area contributed by atoms with Crippen molar-refractivity contribution >= 4 is 11.9 Å². The van der Waals surface area contributed by atoms with Crippen LogP contribution in [0, 0.1) is 5.92 Å². The van der Waals surface area contributed by atoms with Crippen LogP contribution in [-0.4, -0.2) is 68.0 Å². The van der Waals surface area contributed by atoms with E-state index in [1.807, 2.05) is 7.05 Å². The van der Waals surface area contributed by atoms with Crippen LogP contribution in [0.1, 0.15) is 38.5 Å². The summed E-state index contributed by atoms with van der Waals surface area (Å²) in [6.07, 6.45) is 6.75. The quantitative estimate of drug-likeness (QED) is 0.429. The molecule has 0 saturated carbocycles. The van der Waals surface area contributed by atoms with Crippen molar-refractivity contribution in [3.63, 3.8) is 0 Å². The number of hydrogen-bond donors (Lipinski definition) is 2. The number of nitrogens with two attached hydrogens (primary N) is 1. The number of nitrogens with zero attached hydrogens (tertiary/aromatic N) is 3. The Hall–Kier alpha value is -1.30. The zero-order valence-corrected chi connectivity index (χ0v) is 13.9. The van der Waals surface area contributed by atoms with Crippen LogP contribution in [0.15, 0.2) is 4.99 Å². The average molecular weight is 309 g/mol. The topological polar surface area (TPSA) is 74.0 Å². The lowest BCUT2D eigenvalue weighted by Gasteiger charge is -2.30. The van der Waals surface area contributed by atoms with Crippen LogP contribution in [0.5, 0.6) is 0 Å². The van der Waals surface area contributed by atoms with Crippen LogP contribution >= 0.6 is 0 Å². The van der Waals surface area contributed by atoms with Crippen molar-refractivity contribution in [3.8, 4) is 0 Å². The molecular formula is C16H31N5O. The molecule has 0 radical (unpaired) electrons. The van der Waals surface area contributed by atoms with Gasteiger partial charge in [-0.15, -0.1) is 0 Å². The Balaban J connectivity index is 1.53. The third-order valence-electron chi connectivity index (χ3n) is 4.79. The molecule has 0 bridgehead atoms. The third kappa shape index (κ3) is 5.16. The maximum atomic E-state index is 11.1. The van der Waals surface area contributed by atoms with Crippen LogP contribution in [0.25, 0.3) is 0 Å². The summed E-state index contributed by atoms with van der Waals surface area (Å²) in [5.41, 5.74) is 5.36. The van der Waals surface area contributed by atoms with Crippen LogP contribution in [0.3, 0.4) is 0 Å². The van der Waals surface area contributed by atoms with Crippen molar-refractivity contribution in [1.82, 2.24) is 15.1 Å². The molecule has 0 unspecified atom stereocenters. The molecule has 2 aliphatic heterocycles. The van der Waals surface area contributed by atoms with Crippen molar-refractivity contribution in [3.05, 3.63) is 0 Å². The molecule has 0 spiro atoms. The molecule has 6 nitrogen and oxygen atoms in total. The number of amides is 1. The Kier molecular flexibility index (Phi) is 6.96. The second-order valence-corrected chi connectivity index (χ2v) is 6.39. The molecule has 0 aliphatic carbocycles. The standard InChI is InChI=1S/C16H31N5O/c1-18-16(21-10-4-5-11-21)19-8-2-3-9-20-12-6-14(7-13-20)15(17)22/h14H,2-13H2,1H3,(H2,17,22)(H,18,19). The van der Waals surface area contributed by atoms with Crippen LogP contribution < -0.4 is 11.1 Å². The Morgan fingerprint density at radius 3 is 2.45 bits per heavy atom. The van der Waals surface area contributed by atoms with Gasteiger partial charge in [-0.3, -0.25) is 9.79 Å². The molecule has 0 atom stereocenters. The van der Waals surface area contributed by atoms with Crippen molar-refractivity contribution in [2.24, 2.45) is 16.6 Å². The molecule has 0 aromatic carbocycles. The van der Waals surface area contributed by atoms with E-state index >= 15 is 0 Å². The van der Waals surface area contributed by atoms with Crippen molar-refractivity contribution in [1.29, 1.82) is 0 Å². The summed E-state index contributed by atoms with van der Waals surface area (Å²) >= 11 is 0. The van der Waals surface area contributed by atoms with Gasteiger partial charge in [0.25, 0.3) is 0 Å². The number of carbonyl (C=O) groups is 1. The molecule has 2 aliphatic rings. The predicted molar refractivity (Wildman–Crippen MR) is 89.8 cm³/mol. The molecule has 6 heteroatoms. The minimum atomic E-state index is -0.128. The smallest absolute Gasteiger partial charge is 0.220 e. The predicted octanol–water partition coefficient (Wildman–Crippen LogP) is 0.635. The first-order chi connectivity index (χ1) is 10.7. The summed E-state index contributed by atoms with van der Waals surface area (Å²) in [7, 11) is 1.86. The normalized spacial score (nSPS) is 21.3. The number of primary amides is 1. The van der Waals surface area contributed by atoms with Crippen molar-refractivity contribution in [2.75, 3.05) is 46.3 Å². The molecular weight excluding hydrogens is 278 g/mol. The molecule has 3 N–H and O–H groups in total. The lowest BCUT2D eigenvalue weighted by molar-refractivity contribution is -0.123. The maximum Gasteiger partial charge on any atom is 0.220 e. The fraction of sp³-hybridized carbons (Fsp3) is 0.875. The van der Waals surface area contributed by atoms with E-state index in [9.17, 15) is 4.79 Å². The number of likely N-dealkylation sites (tertiary alicyclic amines) is 2. The van der Waals surface area contributed by atoms with Crippen LogP contribution in [0.2, 0.25) is 0 Å². The SMILES string of the molecule is CN=C(NCCCCN1CCC(C(N)=O)CC1)N1CCCC1. The van der Waals surface area contributed by atoms with E-state index in [2.05, 4.69) is 20.1 Å². The summed E-state index contributed by atoms with van der Waals surface area (Å²) in [6, 6.07) is 0. The Morgan fingerprint density at radius 1 is 1.18 bits per heavy atom. The van der Waals surface area contributed by atoms with Gasteiger partial charge in [0.15, 0.2) is 5.96 Å². The van der Waals surface area contributed by atoms with E-state index in [-0.39, 0.29) is 11.8 Å². The van der Waals surface area contributed by atoms with E-state index in [0.717, 1.165) is 64.5 Å². The summed E-state index contributed by atoms with van der Waals surface area (Å²) in [4.78, 5) is 20.3. The highest BCUT2D eigenvalue weighted by atomic mass is 16.1. The largest absolute Gasteiger partial charge is 0.369 e. The molecule has 2 heterocycles. The number of carbonyl (C=O) groups excluding carboxylic acids is 1. The summed E-state index contributed by atoms with van der Waals surface area (Å²) in [5, 5.41) is 3.47. The van der Waals surface area contributed by atoms with Crippen LogP contribution in [0.4, 0.5) is 0 Å². The Bertz CT molecular complexity index is 371. The fourth-order valence-corrected chi connectivity index (χ4v) is 3.36. The number of guanidine groups is 1. The zero-order valence-electron chi connectivity index (χ0n) is 13.9. The fourth-order valence-electron chi connectivity index (χ4n) is 3.36. The van der Waals surface area contributed by atoms with Gasteiger partial charge in [0.05, 0.1) is 0 Å². The molecule has 126 valence electrons. The van der Waals surface area contributed by atoms with Gasteiger partial charge in [-0.25, -0.2) is 0 Å². The average Bonchev–Trinajstić information content (AvgIpc) is 3.05. The minimum absolute atomic E-state index is 0.0988. The van der Waals surface area contributed by atoms with Crippen molar-refractivity contribution < 1.29 is 4.79 Å². The molecule has 2 fully saturated rings.